The average Bonchev–Trinajstić information content (AvgIpc) is 3.42. The molecule has 2 heterocycles. The molecule has 1 saturated heterocycles. The van der Waals surface area contributed by atoms with Crippen molar-refractivity contribution in [3.05, 3.63) is 5.82 Å². The van der Waals surface area contributed by atoms with Crippen LogP contribution in [-0.2, 0) is 9.53 Å². The second-order valence-corrected chi connectivity index (χ2v) is 8.00. The first-order valence-electron chi connectivity index (χ1n) is 8.62. The Morgan fingerprint density at radius 3 is 2.48 bits per heavy atom. The summed E-state index contributed by atoms with van der Waals surface area (Å²) in [5.41, 5.74) is 0. The molecule has 1 aromatic rings. The number of carbonyl (C=O) groups excluding carboxylic acids is 1. The molecule has 6 nitrogen and oxygen atoms in total. The largest absolute Gasteiger partial charge is 0.372 e. The van der Waals surface area contributed by atoms with Gasteiger partial charge in [0, 0.05) is 25.0 Å². The molecule has 2 aliphatic carbocycles. The number of nitrogens with zero attached hydrogens (tertiary/aromatic N) is 4. The first-order chi connectivity index (χ1) is 11.1. The van der Waals surface area contributed by atoms with Gasteiger partial charge in [0.05, 0.1) is 18.0 Å². The molecule has 0 unspecified atom stereocenters. The number of hydrogen-bond acceptors (Lipinski definition) is 5. The zero-order chi connectivity index (χ0) is 16.0. The Morgan fingerprint density at radius 2 is 1.87 bits per heavy atom. The number of hydrogen-bond donors (Lipinski definition) is 0. The van der Waals surface area contributed by atoms with Crippen molar-refractivity contribution in [3.8, 4) is 0 Å². The molecule has 2 atom stereocenters. The van der Waals surface area contributed by atoms with Crippen molar-refractivity contribution in [3.63, 3.8) is 0 Å². The predicted molar refractivity (Wildman–Crippen MR) is 87.6 cm³/mol. The summed E-state index contributed by atoms with van der Waals surface area (Å²) in [6, 6.07) is 0.571. The van der Waals surface area contributed by atoms with Gasteiger partial charge in [0.25, 0.3) is 0 Å². The lowest BCUT2D eigenvalue weighted by molar-refractivity contribution is -0.140. The van der Waals surface area contributed by atoms with Crippen LogP contribution >= 0.6 is 11.8 Å². The molecule has 1 aliphatic heterocycles. The van der Waals surface area contributed by atoms with Gasteiger partial charge in [-0.15, -0.1) is 10.2 Å². The van der Waals surface area contributed by atoms with E-state index in [-0.39, 0.29) is 18.1 Å². The zero-order valence-corrected chi connectivity index (χ0v) is 14.6. The van der Waals surface area contributed by atoms with Crippen LogP contribution in [0, 0.1) is 0 Å². The molecule has 0 N–H and O–H groups in total. The van der Waals surface area contributed by atoms with E-state index in [4.69, 9.17) is 4.74 Å². The molecule has 2 saturated carbocycles. The molecule has 3 aliphatic rings. The fourth-order valence-corrected chi connectivity index (χ4v) is 4.20. The second kappa shape index (κ2) is 6.09. The summed E-state index contributed by atoms with van der Waals surface area (Å²) in [5, 5.41) is 9.70. The average molecular weight is 336 g/mol. The van der Waals surface area contributed by atoms with Crippen molar-refractivity contribution >= 4 is 17.7 Å². The van der Waals surface area contributed by atoms with E-state index in [2.05, 4.69) is 14.8 Å². The third kappa shape index (κ3) is 3.40. The fraction of sp³-hybridized carbons (Fsp3) is 0.812. The highest BCUT2D eigenvalue weighted by Gasteiger charge is 2.36. The van der Waals surface area contributed by atoms with E-state index in [0.29, 0.717) is 30.8 Å². The standard InChI is InChI=1S/C16H24N4O2S/c1-10-7-19(8-11(2)22-10)14(21)9-23-16-18-17-15(12-3-4-12)20(16)13-5-6-13/h10-13H,3-9H2,1-2H3/t10-,11-/m0/s1. The Kier molecular flexibility index (Phi) is 4.09. The highest BCUT2D eigenvalue weighted by atomic mass is 32.2. The molecule has 3 fully saturated rings. The van der Waals surface area contributed by atoms with Crippen molar-refractivity contribution in [1.29, 1.82) is 0 Å². The summed E-state index contributed by atoms with van der Waals surface area (Å²) in [5.74, 6) is 2.37. The quantitative estimate of drug-likeness (QED) is 0.772. The van der Waals surface area contributed by atoms with Gasteiger partial charge in [-0.2, -0.15) is 0 Å². The van der Waals surface area contributed by atoms with E-state index in [1.54, 1.807) is 11.8 Å². The number of ether oxygens (including phenoxy) is 1. The van der Waals surface area contributed by atoms with Gasteiger partial charge in [-0.25, -0.2) is 0 Å². The van der Waals surface area contributed by atoms with Gasteiger partial charge in [0.15, 0.2) is 5.16 Å². The summed E-state index contributed by atoms with van der Waals surface area (Å²) >= 11 is 1.54. The van der Waals surface area contributed by atoms with Crippen LogP contribution in [0.4, 0.5) is 0 Å². The van der Waals surface area contributed by atoms with Gasteiger partial charge >= 0.3 is 0 Å². The van der Waals surface area contributed by atoms with E-state index >= 15 is 0 Å². The van der Waals surface area contributed by atoms with Crippen molar-refractivity contribution in [2.45, 2.75) is 68.9 Å². The van der Waals surface area contributed by atoms with E-state index in [1.165, 1.54) is 25.7 Å². The van der Waals surface area contributed by atoms with Crippen LogP contribution < -0.4 is 0 Å². The molecular weight excluding hydrogens is 312 g/mol. The smallest absolute Gasteiger partial charge is 0.233 e. The second-order valence-electron chi connectivity index (χ2n) is 7.06. The third-order valence-corrected chi connectivity index (χ3v) is 5.57. The Hall–Kier alpha value is -1.08. The summed E-state index contributed by atoms with van der Waals surface area (Å²) in [7, 11) is 0. The number of rotatable bonds is 5. The molecule has 0 radical (unpaired) electrons. The van der Waals surface area contributed by atoms with Crippen LogP contribution in [0.5, 0.6) is 0 Å². The molecule has 0 aromatic carbocycles. The Bertz CT molecular complexity index is 587. The maximum absolute atomic E-state index is 12.5. The van der Waals surface area contributed by atoms with Gasteiger partial charge in [0.2, 0.25) is 5.91 Å². The van der Waals surface area contributed by atoms with Gasteiger partial charge in [-0.3, -0.25) is 4.79 Å². The molecule has 4 rings (SSSR count). The SMILES string of the molecule is C[C@H]1CN(C(=O)CSc2nnc(C3CC3)n2C2CC2)C[C@H](C)O1. The van der Waals surface area contributed by atoms with Gasteiger partial charge in [-0.1, -0.05) is 11.8 Å². The van der Waals surface area contributed by atoms with Crippen LogP contribution in [0.1, 0.15) is 57.3 Å². The molecule has 7 heteroatoms. The lowest BCUT2D eigenvalue weighted by Crippen LogP contribution is -2.48. The minimum atomic E-state index is 0.115. The van der Waals surface area contributed by atoms with Crippen LogP contribution in [0.2, 0.25) is 0 Å². The monoisotopic (exact) mass is 336 g/mol. The number of morpholine rings is 1. The third-order valence-electron chi connectivity index (χ3n) is 4.64. The lowest BCUT2D eigenvalue weighted by Gasteiger charge is -2.35. The molecule has 0 bridgehead atoms. The first-order valence-corrected chi connectivity index (χ1v) is 9.61. The molecule has 23 heavy (non-hydrogen) atoms. The Labute approximate surface area is 141 Å². The van der Waals surface area contributed by atoms with Gasteiger partial charge < -0.3 is 14.2 Å². The van der Waals surface area contributed by atoms with Crippen molar-refractivity contribution in [1.82, 2.24) is 19.7 Å². The minimum Gasteiger partial charge on any atom is -0.372 e. The van der Waals surface area contributed by atoms with Crippen LogP contribution in [0.15, 0.2) is 5.16 Å². The number of carbonyl (C=O) groups is 1. The molecule has 1 aromatic heterocycles. The van der Waals surface area contributed by atoms with E-state index in [0.717, 1.165) is 11.0 Å². The highest BCUT2D eigenvalue weighted by molar-refractivity contribution is 7.99. The Balaban J connectivity index is 1.40. The predicted octanol–water partition coefficient (Wildman–Crippen LogP) is 2.22. The number of aromatic nitrogens is 3. The van der Waals surface area contributed by atoms with Gasteiger partial charge in [0.1, 0.15) is 5.82 Å². The van der Waals surface area contributed by atoms with Gasteiger partial charge in [-0.05, 0) is 39.5 Å². The van der Waals surface area contributed by atoms with E-state index < -0.39 is 0 Å². The minimum absolute atomic E-state index is 0.115. The summed E-state index contributed by atoms with van der Waals surface area (Å²) in [6.07, 6.45) is 5.14. The zero-order valence-electron chi connectivity index (χ0n) is 13.8. The molecule has 1 amide bonds. The normalized spacial score (nSPS) is 28.2. The summed E-state index contributed by atoms with van der Waals surface area (Å²) in [4.78, 5) is 14.4. The first kappa shape index (κ1) is 15.4. The summed E-state index contributed by atoms with van der Waals surface area (Å²) < 4.78 is 8.00. The molecule has 0 spiro atoms. The maximum atomic E-state index is 12.5. The van der Waals surface area contributed by atoms with Crippen molar-refractivity contribution < 1.29 is 9.53 Å². The highest BCUT2D eigenvalue weighted by Crippen LogP contribution is 2.46. The van der Waals surface area contributed by atoms with Crippen molar-refractivity contribution in [2.24, 2.45) is 0 Å². The van der Waals surface area contributed by atoms with Crippen LogP contribution in [0.25, 0.3) is 0 Å². The van der Waals surface area contributed by atoms with E-state index in [1.807, 2.05) is 18.7 Å². The van der Waals surface area contributed by atoms with Crippen LogP contribution in [-0.4, -0.2) is 56.6 Å². The number of amides is 1. The van der Waals surface area contributed by atoms with Crippen molar-refractivity contribution in [2.75, 3.05) is 18.8 Å². The van der Waals surface area contributed by atoms with E-state index in [9.17, 15) is 4.79 Å². The Morgan fingerprint density at radius 1 is 1.17 bits per heavy atom. The molecule has 126 valence electrons. The molecular formula is C16H24N4O2S. The maximum Gasteiger partial charge on any atom is 0.233 e. The fourth-order valence-electron chi connectivity index (χ4n) is 3.28. The lowest BCUT2D eigenvalue weighted by atomic mass is 10.2. The summed E-state index contributed by atoms with van der Waals surface area (Å²) in [6.45, 7) is 5.42. The number of thioether (sulfide) groups is 1. The topological polar surface area (TPSA) is 60.2 Å². The van der Waals surface area contributed by atoms with Crippen LogP contribution in [0.3, 0.4) is 0 Å².